The van der Waals surface area contributed by atoms with E-state index in [0.29, 0.717) is 17.7 Å². The highest BCUT2D eigenvalue weighted by Crippen LogP contribution is 2.26. The molecule has 2 aromatic carbocycles. The van der Waals surface area contributed by atoms with Gasteiger partial charge in [-0.3, -0.25) is 10.0 Å². The molecule has 1 heterocycles. The molecule has 10 heteroatoms. The molecule has 1 aromatic heterocycles. The van der Waals surface area contributed by atoms with E-state index in [1.54, 1.807) is 23.7 Å². The molecule has 0 atom stereocenters. The number of carbonyl (C=O) groups is 1. The zero-order valence-electron chi connectivity index (χ0n) is 13.6. The average molecular weight is 378 g/mol. The van der Waals surface area contributed by atoms with E-state index in [1.165, 1.54) is 41.3 Å². The lowest BCUT2D eigenvalue weighted by Crippen LogP contribution is -2.18. The summed E-state index contributed by atoms with van der Waals surface area (Å²) < 4.78 is 42.4. The minimum Gasteiger partial charge on any atom is -0.406 e. The molecule has 0 bridgehead atoms. The zero-order valence-corrected chi connectivity index (χ0v) is 13.6. The van der Waals surface area contributed by atoms with Crippen LogP contribution in [-0.4, -0.2) is 32.2 Å². The maximum absolute atomic E-state index is 12.3. The first-order chi connectivity index (χ1) is 12.8. The van der Waals surface area contributed by atoms with Crippen molar-refractivity contribution in [1.82, 2.24) is 20.2 Å². The summed E-state index contributed by atoms with van der Waals surface area (Å²) in [6.45, 7) is 0.340. The van der Waals surface area contributed by atoms with Crippen LogP contribution in [0.25, 0.3) is 11.4 Å². The van der Waals surface area contributed by atoms with Crippen molar-refractivity contribution < 1.29 is 27.9 Å². The van der Waals surface area contributed by atoms with E-state index in [-0.39, 0.29) is 11.6 Å². The van der Waals surface area contributed by atoms with Gasteiger partial charge in [-0.1, -0.05) is 24.3 Å². The molecule has 0 fully saturated rings. The number of alkyl halides is 3. The molecule has 1 amide bonds. The van der Waals surface area contributed by atoms with Gasteiger partial charge in [0.25, 0.3) is 5.91 Å². The molecule has 0 aliphatic rings. The Hall–Kier alpha value is -3.40. The molecule has 3 rings (SSSR count). The maximum atomic E-state index is 12.3. The number of rotatable bonds is 5. The van der Waals surface area contributed by atoms with Gasteiger partial charge in [-0.2, -0.15) is 5.10 Å². The summed E-state index contributed by atoms with van der Waals surface area (Å²) in [5.41, 5.74) is 3.03. The molecule has 0 spiro atoms. The van der Waals surface area contributed by atoms with Gasteiger partial charge >= 0.3 is 6.36 Å². The van der Waals surface area contributed by atoms with Crippen LogP contribution in [0, 0.1) is 0 Å². The Labute approximate surface area is 151 Å². The number of hydrogen-bond acceptors (Lipinski definition) is 5. The van der Waals surface area contributed by atoms with Gasteiger partial charge in [0.05, 0.1) is 6.54 Å². The zero-order chi connectivity index (χ0) is 19.4. The van der Waals surface area contributed by atoms with Crippen molar-refractivity contribution in [3.63, 3.8) is 0 Å². The molecule has 0 unspecified atom stereocenters. The third-order valence-corrected chi connectivity index (χ3v) is 3.52. The van der Waals surface area contributed by atoms with Gasteiger partial charge < -0.3 is 4.74 Å². The number of halogens is 3. The van der Waals surface area contributed by atoms with Gasteiger partial charge in [-0.25, -0.2) is 15.1 Å². The van der Waals surface area contributed by atoms with Gasteiger partial charge in [0, 0.05) is 11.1 Å². The first kappa shape index (κ1) is 18.4. The lowest BCUT2D eigenvalue weighted by atomic mass is 10.1. The quantitative estimate of drug-likeness (QED) is 0.526. The molecule has 7 nitrogen and oxygen atoms in total. The molecule has 27 heavy (non-hydrogen) atoms. The van der Waals surface area contributed by atoms with Crippen molar-refractivity contribution in [3.05, 3.63) is 66.0 Å². The third kappa shape index (κ3) is 4.82. The van der Waals surface area contributed by atoms with E-state index < -0.39 is 12.3 Å². The summed E-state index contributed by atoms with van der Waals surface area (Å²) in [6, 6.07) is 11.8. The van der Waals surface area contributed by atoms with Crippen molar-refractivity contribution in [2.24, 2.45) is 0 Å². The second-order valence-corrected chi connectivity index (χ2v) is 5.48. The Balaban J connectivity index is 1.73. The largest absolute Gasteiger partial charge is 0.573 e. The molecule has 0 saturated heterocycles. The maximum Gasteiger partial charge on any atom is 0.573 e. The highest BCUT2D eigenvalue weighted by molar-refractivity contribution is 5.93. The number of nitrogens with one attached hydrogen (secondary N) is 1. The van der Waals surface area contributed by atoms with E-state index in [0.717, 1.165) is 5.56 Å². The summed E-state index contributed by atoms with van der Waals surface area (Å²) in [5, 5.41) is 12.8. The van der Waals surface area contributed by atoms with E-state index in [4.69, 9.17) is 5.21 Å². The highest BCUT2D eigenvalue weighted by atomic mass is 19.4. The van der Waals surface area contributed by atoms with Gasteiger partial charge in [0.1, 0.15) is 12.1 Å². The number of nitrogens with zero attached hydrogens (tertiary/aromatic N) is 3. The van der Waals surface area contributed by atoms with Gasteiger partial charge in [-0.05, 0) is 29.8 Å². The summed E-state index contributed by atoms with van der Waals surface area (Å²) in [5.74, 6) is -0.724. The van der Waals surface area contributed by atoms with Crippen molar-refractivity contribution >= 4 is 5.91 Å². The van der Waals surface area contributed by atoms with Crippen molar-refractivity contribution in [2.75, 3.05) is 0 Å². The topological polar surface area (TPSA) is 89.3 Å². The van der Waals surface area contributed by atoms with Crippen LogP contribution in [0.3, 0.4) is 0 Å². The minimum absolute atomic E-state index is 0.249. The number of aromatic nitrogens is 3. The molecule has 3 aromatic rings. The van der Waals surface area contributed by atoms with Crippen LogP contribution < -0.4 is 10.2 Å². The molecule has 0 aliphatic carbocycles. The fourth-order valence-electron chi connectivity index (χ4n) is 2.35. The third-order valence-electron chi connectivity index (χ3n) is 3.52. The van der Waals surface area contributed by atoms with Crippen molar-refractivity contribution in [2.45, 2.75) is 12.9 Å². The molecule has 0 radical (unpaired) electrons. The number of benzene rings is 2. The average Bonchev–Trinajstić information content (AvgIpc) is 3.09. The highest BCUT2D eigenvalue weighted by Gasteiger charge is 2.31. The van der Waals surface area contributed by atoms with E-state index in [2.05, 4.69) is 14.8 Å². The van der Waals surface area contributed by atoms with E-state index >= 15 is 0 Å². The lowest BCUT2D eigenvalue weighted by Gasteiger charge is -2.09. The number of ether oxygens (including phenoxy) is 1. The Morgan fingerprint density at radius 1 is 1.19 bits per heavy atom. The Morgan fingerprint density at radius 2 is 1.93 bits per heavy atom. The number of hydrogen-bond donors (Lipinski definition) is 2. The van der Waals surface area contributed by atoms with E-state index in [1.807, 2.05) is 0 Å². The molecule has 2 N–H and O–H groups in total. The summed E-state index contributed by atoms with van der Waals surface area (Å²) >= 11 is 0. The second kappa shape index (κ2) is 7.46. The molecular weight excluding hydrogens is 365 g/mol. The van der Waals surface area contributed by atoms with Crippen LogP contribution in [0.5, 0.6) is 5.75 Å². The number of hydroxylamine groups is 1. The molecule has 140 valence electrons. The standard InChI is InChI=1S/C17H13F3N4O3/c18-17(19,20)27-14-3-1-2-13(8-14)15-21-10-24(22-15)9-11-4-6-12(7-5-11)16(25)23-26/h1-8,10,26H,9H2,(H,23,25). The van der Waals surface area contributed by atoms with Crippen LogP contribution in [-0.2, 0) is 6.54 Å². The SMILES string of the molecule is O=C(NO)c1ccc(Cn2cnc(-c3cccc(OC(F)(F)F)c3)n2)cc1. The molecular formula is C17H13F3N4O3. The summed E-state index contributed by atoms with van der Waals surface area (Å²) in [7, 11) is 0. The van der Waals surface area contributed by atoms with Crippen LogP contribution in [0.2, 0.25) is 0 Å². The predicted octanol–water partition coefficient (Wildman–Crippen LogP) is 3.01. The van der Waals surface area contributed by atoms with E-state index in [9.17, 15) is 18.0 Å². The van der Waals surface area contributed by atoms with Gasteiger partial charge in [0.2, 0.25) is 0 Å². The van der Waals surface area contributed by atoms with Crippen LogP contribution in [0.4, 0.5) is 13.2 Å². The number of carbonyl (C=O) groups excluding carboxylic acids is 1. The monoisotopic (exact) mass is 378 g/mol. The first-order valence-electron chi connectivity index (χ1n) is 7.63. The van der Waals surface area contributed by atoms with Crippen LogP contribution in [0.1, 0.15) is 15.9 Å². The van der Waals surface area contributed by atoms with Gasteiger partial charge in [0.15, 0.2) is 5.82 Å². The predicted molar refractivity (Wildman–Crippen MR) is 86.9 cm³/mol. The fraction of sp³-hybridized carbons (Fsp3) is 0.118. The Kier molecular flexibility index (Phi) is 5.08. The van der Waals surface area contributed by atoms with Crippen LogP contribution >= 0.6 is 0 Å². The summed E-state index contributed by atoms with van der Waals surface area (Å²) in [4.78, 5) is 15.4. The minimum atomic E-state index is -4.77. The Morgan fingerprint density at radius 3 is 2.59 bits per heavy atom. The second-order valence-electron chi connectivity index (χ2n) is 5.48. The Bertz CT molecular complexity index is 939. The molecule has 0 aliphatic heterocycles. The molecule has 0 saturated carbocycles. The smallest absolute Gasteiger partial charge is 0.406 e. The first-order valence-corrected chi connectivity index (χ1v) is 7.63. The normalized spacial score (nSPS) is 11.3. The van der Waals surface area contributed by atoms with Gasteiger partial charge in [-0.15, -0.1) is 13.2 Å². The van der Waals surface area contributed by atoms with Crippen molar-refractivity contribution in [1.29, 1.82) is 0 Å². The van der Waals surface area contributed by atoms with Crippen LogP contribution in [0.15, 0.2) is 54.9 Å². The fourth-order valence-corrected chi connectivity index (χ4v) is 2.35. The van der Waals surface area contributed by atoms with Crippen molar-refractivity contribution in [3.8, 4) is 17.1 Å². The lowest BCUT2D eigenvalue weighted by molar-refractivity contribution is -0.274. The number of amides is 1. The summed E-state index contributed by atoms with van der Waals surface area (Å²) in [6.07, 6.45) is -3.33.